The van der Waals surface area contributed by atoms with Crippen LogP contribution in [0.5, 0.6) is 0 Å². The molecule has 0 bridgehead atoms. The predicted octanol–water partition coefficient (Wildman–Crippen LogP) is 4.51. The largest absolute Gasteiger partial charge is 0.351 e. The van der Waals surface area contributed by atoms with Gasteiger partial charge in [0.2, 0.25) is 5.91 Å². The van der Waals surface area contributed by atoms with Crippen LogP contribution in [-0.4, -0.2) is 54.9 Å². The fourth-order valence-electron chi connectivity index (χ4n) is 4.53. The first-order valence-corrected chi connectivity index (χ1v) is 13.1. The Morgan fingerprint density at radius 1 is 1.06 bits per heavy atom. The maximum absolute atomic E-state index is 13.1. The number of carbonyl (C=O) groups excluding carboxylic acids is 1. The van der Waals surface area contributed by atoms with E-state index in [4.69, 9.17) is 0 Å². The van der Waals surface area contributed by atoms with Crippen LogP contribution in [0, 0.1) is 6.92 Å². The van der Waals surface area contributed by atoms with Gasteiger partial charge in [-0.25, -0.2) is 0 Å². The van der Waals surface area contributed by atoms with Crippen molar-refractivity contribution in [1.29, 1.82) is 0 Å². The number of aryl methyl sites for hydroxylation is 1. The van der Waals surface area contributed by atoms with Crippen molar-refractivity contribution in [2.45, 2.75) is 43.3 Å². The van der Waals surface area contributed by atoms with E-state index in [9.17, 15) is 4.79 Å². The number of thioether (sulfide) groups is 1. The van der Waals surface area contributed by atoms with E-state index in [-0.39, 0.29) is 17.2 Å². The molecule has 1 aliphatic heterocycles. The number of hydrogen-bond donors (Lipinski definition) is 1. The van der Waals surface area contributed by atoms with Crippen molar-refractivity contribution in [3.05, 3.63) is 90.3 Å². The molecule has 2 aromatic heterocycles. The summed E-state index contributed by atoms with van der Waals surface area (Å²) in [6.07, 6.45) is 4.46. The molecule has 2 atom stereocenters. The van der Waals surface area contributed by atoms with Gasteiger partial charge in [0.05, 0.1) is 10.9 Å². The topological polar surface area (TPSA) is 75.9 Å². The number of nitrogens with one attached hydrogen (secondary N) is 1. The van der Waals surface area contributed by atoms with Gasteiger partial charge in [0.15, 0.2) is 11.0 Å². The lowest BCUT2D eigenvalue weighted by molar-refractivity contribution is -0.120. The van der Waals surface area contributed by atoms with E-state index >= 15 is 0 Å². The molecular weight excluding hydrogens is 468 g/mol. The Hall–Kier alpha value is -3.49. The van der Waals surface area contributed by atoms with Crippen LogP contribution < -0.4 is 5.32 Å². The zero-order valence-electron chi connectivity index (χ0n) is 20.5. The third-order valence-corrected chi connectivity index (χ3v) is 7.49. The third-order valence-electron chi connectivity index (χ3n) is 6.45. The molecule has 1 fully saturated rings. The van der Waals surface area contributed by atoms with Gasteiger partial charge in [-0.05, 0) is 49.6 Å². The monoisotopic (exact) mass is 498 g/mol. The smallest absolute Gasteiger partial charge is 0.233 e. The quantitative estimate of drug-likeness (QED) is 0.360. The normalized spacial score (nSPS) is 16.7. The van der Waals surface area contributed by atoms with E-state index in [0.29, 0.717) is 5.16 Å². The second-order valence-corrected chi connectivity index (χ2v) is 10.4. The Balaban J connectivity index is 1.29. The lowest BCUT2D eigenvalue weighted by Gasteiger charge is -2.19. The first kappa shape index (κ1) is 24.2. The van der Waals surface area contributed by atoms with Gasteiger partial charge in [0, 0.05) is 43.6 Å². The SMILES string of the molecule is Cc1ccccc1-n1c(SC(C)C(=O)NC2CCN(Cc3ccccc3)C2)nnc1-c1ccncc1. The Morgan fingerprint density at radius 3 is 2.58 bits per heavy atom. The number of pyridine rings is 1. The number of benzene rings is 2. The second-order valence-electron chi connectivity index (χ2n) is 9.14. The molecular formula is C28H30N6OS. The van der Waals surface area contributed by atoms with Gasteiger partial charge in [-0.3, -0.25) is 19.2 Å². The van der Waals surface area contributed by atoms with Gasteiger partial charge in [-0.1, -0.05) is 60.3 Å². The number of likely N-dealkylation sites (tertiary alicyclic amines) is 1. The predicted molar refractivity (Wildman–Crippen MR) is 143 cm³/mol. The summed E-state index contributed by atoms with van der Waals surface area (Å²) in [5.41, 5.74) is 4.33. The van der Waals surface area contributed by atoms with Crippen molar-refractivity contribution in [3.63, 3.8) is 0 Å². The average Bonchev–Trinajstić information content (AvgIpc) is 3.52. The van der Waals surface area contributed by atoms with E-state index < -0.39 is 0 Å². The van der Waals surface area contributed by atoms with Crippen molar-refractivity contribution < 1.29 is 4.79 Å². The van der Waals surface area contributed by atoms with Gasteiger partial charge in [-0.2, -0.15) is 0 Å². The van der Waals surface area contributed by atoms with E-state index in [0.717, 1.165) is 48.7 Å². The Kier molecular flexibility index (Phi) is 7.44. The summed E-state index contributed by atoms with van der Waals surface area (Å²) < 4.78 is 2.04. The molecule has 1 amide bonds. The van der Waals surface area contributed by atoms with Crippen LogP contribution in [0.4, 0.5) is 0 Å². The summed E-state index contributed by atoms with van der Waals surface area (Å²) in [4.78, 5) is 19.7. The zero-order valence-corrected chi connectivity index (χ0v) is 21.4. The Bertz CT molecular complexity index is 1310. The molecule has 2 unspecified atom stereocenters. The standard InChI is InChI=1S/C28H30N6OS/c1-20-8-6-7-11-25(20)34-26(23-12-15-29-16-13-23)31-32-28(34)36-21(2)27(35)30-24-14-17-33(19-24)18-22-9-4-3-5-10-22/h3-13,15-16,21,24H,14,17-19H2,1-2H3,(H,30,35). The van der Waals surface area contributed by atoms with Gasteiger partial charge < -0.3 is 5.32 Å². The molecule has 0 radical (unpaired) electrons. The fraction of sp³-hybridized carbons (Fsp3) is 0.286. The van der Waals surface area contributed by atoms with E-state index in [2.05, 4.69) is 68.7 Å². The number of para-hydroxylation sites is 1. The molecule has 0 spiro atoms. The highest BCUT2D eigenvalue weighted by Crippen LogP contribution is 2.31. The van der Waals surface area contributed by atoms with Crippen LogP contribution in [0.2, 0.25) is 0 Å². The van der Waals surface area contributed by atoms with Crippen LogP contribution in [0.25, 0.3) is 17.1 Å². The summed E-state index contributed by atoms with van der Waals surface area (Å²) in [6, 6.07) is 22.6. The maximum Gasteiger partial charge on any atom is 0.233 e. The molecule has 1 N–H and O–H groups in total. The van der Waals surface area contributed by atoms with Crippen LogP contribution in [-0.2, 0) is 11.3 Å². The molecule has 36 heavy (non-hydrogen) atoms. The van der Waals surface area contributed by atoms with Crippen molar-refractivity contribution in [1.82, 2.24) is 30.0 Å². The Labute approximate surface area is 216 Å². The summed E-state index contributed by atoms with van der Waals surface area (Å²) >= 11 is 1.43. The summed E-state index contributed by atoms with van der Waals surface area (Å²) in [5, 5.41) is 12.6. The molecule has 0 saturated carbocycles. The lowest BCUT2D eigenvalue weighted by atomic mass is 10.2. The Morgan fingerprint density at radius 2 is 1.81 bits per heavy atom. The molecule has 3 heterocycles. The number of aromatic nitrogens is 4. The molecule has 7 nitrogen and oxygen atoms in total. The van der Waals surface area contributed by atoms with Gasteiger partial charge in [0.1, 0.15) is 0 Å². The first-order valence-electron chi connectivity index (χ1n) is 12.2. The van der Waals surface area contributed by atoms with Gasteiger partial charge in [-0.15, -0.1) is 10.2 Å². The summed E-state index contributed by atoms with van der Waals surface area (Å²) in [7, 11) is 0. The van der Waals surface area contributed by atoms with Crippen LogP contribution in [0.15, 0.2) is 84.3 Å². The maximum atomic E-state index is 13.1. The molecule has 8 heteroatoms. The van der Waals surface area contributed by atoms with Crippen molar-refractivity contribution in [2.75, 3.05) is 13.1 Å². The van der Waals surface area contributed by atoms with Gasteiger partial charge in [0.25, 0.3) is 0 Å². The fourth-order valence-corrected chi connectivity index (χ4v) is 5.40. The van der Waals surface area contributed by atoms with Crippen LogP contribution in [0.3, 0.4) is 0 Å². The highest BCUT2D eigenvalue weighted by molar-refractivity contribution is 8.00. The van der Waals surface area contributed by atoms with Crippen LogP contribution in [0.1, 0.15) is 24.5 Å². The number of amides is 1. The molecule has 184 valence electrons. The molecule has 4 aromatic rings. The number of carbonyl (C=O) groups is 1. The number of hydrogen-bond acceptors (Lipinski definition) is 6. The minimum atomic E-state index is -0.314. The minimum Gasteiger partial charge on any atom is -0.351 e. The second kappa shape index (κ2) is 11.1. The highest BCUT2D eigenvalue weighted by atomic mass is 32.2. The van der Waals surface area contributed by atoms with Crippen molar-refractivity contribution in [3.8, 4) is 17.1 Å². The summed E-state index contributed by atoms with van der Waals surface area (Å²) in [6.45, 7) is 6.76. The number of rotatable bonds is 8. The third kappa shape index (κ3) is 5.50. The minimum absolute atomic E-state index is 0.0244. The average molecular weight is 499 g/mol. The van der Waals surface area contributed by atoms with Crippen molar-refractivity contribution in [2.24, 2.45) is 0 Å². The molecule has 0 aliphatic carbocycles. The zero-order chi connectivity index (χ0) is 24.9. The first-order chi connectivity index (χ1) is 17.6. The summed E-state index contributed by atoms with van der Waals surface area (Å²) in [5.74, 6) is 0.755. The van der Waals surface area contributed by atoms with E-state index in [1.54, 1.807) is 12.4 Å². The van der Waals surface area contributed by atoms with E-state index in [1.165, 1.54) is 17.3 Å². The molecule has 1 aliphatic rings. The van der Waals surface area contributed by atoms with Crippen LogP contribution >= 0.6 is 11.8 Å². The van der Waals surface area contributed by atoms with E-state index in [1.807, 2.05) is 41.8 Å². The highest BCUT2D eigenvalue weighted by Gasteiger charge is 2.27. The van der Waals surface area contributed by atoms with Gasteiger partial charge >= 0.3 is 0 Å². The lowest BCUT2D eigenvalue weighted by Crippen LogP contribution is -2.40. The van der Waals surface area contributed by atoms with Crippen molar-refractivity contribution >= 4 is 17.7 Å². The number of nitrogens with zero attached hydrogens (tertiary/aromatic N) is 5. The molecule has 1 saturated heterocycles. The molecule has 5 rings (SSSR count). The molecule has 2 aromatic carbocycles.